The van der Waals surface area contributed by atoms with Crippen LogP contribution in [-0.4, -0.2) is 22.4 Å². The topological polar surface area (TPSA) is 84.2 Å². The van der Waals surface area contributed by atoms with Crippen LogP contribution in [0, 0.1) is 13.8 Å². The number of aromatic hydroxyl groups is 1. The van der Waals surface area contributed by atoms with E-state index in [1.165, 1.54) is 7.11 Å². The Morgan fingerprint density at radius 3 is 2.59 bits per heavy atom. The molecule has 0 amide bonds. The standard InChI is InChI=1S/C12H15N3O2/c1-6-4-8(9-5-14-15-12(9)13)10(16)11(17-3)7(6)2/h4-5,16H,1-3H3,(H3,13,14,15). The fourth-order valence-corrected chi connectivity index (χ4v) is 1.84. The Morgan fingerprint density at radius 1 is 1.35 bits per heavy atom. The molecule has 2 aromatic rings. The highest BCUT2D eigenvalue weighted by molar-refractivity contribution is 5.81. The van der Waals surface area contributed by atoms with Gasteiger partial charge in [-0.2, -0.15) is 5.10 Å². The normalized spacial score (nSPS) is 10.5. The van der Waals surface area contributed by atoms with Crippen molar-refractivity contribution in [1.82, 2.24) is 10.2 Å². The van der Waals surface area contributed by atoms with Crippen LogP contribution in [0.4, 0.5) is 5.82 Å². The second-order valence-corrected chi connectivity index (χ2v) is 3.95. The van der Waals surface area contributed by atoms with E-state index in [4.69, 9.17) is 10.5 Å². The maximum atomic E-state index is 10.2. The Kier molecular flexibility index (Phi) is 2.67. The number of anilines is 1. The van der Waals surface area contributed by atoms with E-state index in [0.29, 0.717) is 22.7 Å². The Hall–Kier alpha value is -2.17. The molecule has 90 valence electrons. The number of nitrogens with two attached hydrogens (primary N) is 1. The number of methoxy groups -OCH3 is 1. The van der Waals surface area contributed by atoms with Gasteiger partial charge in [0.05, 0.1) is 13.3 Å². The molecule has 1 aromatic heterocycles. The van der Waals surface area contributed by atoms with E-state index >= 15 is 0 Å². The van der Waals surface area contributed by atoms with Gasteiger partial charge in [-0.05, 0) is 31.0 Å². The van der Waals surface area contributed by atoms with E-state index in [0.717, 1.165) is 11.1 Å². The minimum atomic E-state index is 0.0868. The maximum Gasteiger partial charge on any atom is 0.166 e. The first-order valence-electron chi connectivity index (χ1n) is 5.22. The summed E-state index contributed by atoms with van der Waals surface area (Å²) in [5.74, 6) is 0.981. The largest absolute Gasteiger partial charge is 0.504 e. The lowest BCUT2D eigenvalue weighted by Gasteiger charge is -2.13. The van der Waals surface area contributed by atoms with Gasteiger partial charge in [-0.1, -0.05) is 0 Å². The Labute approximate surface area is 99.2 Å². The molecule has 5 nitrogen and oxygen atoms in total. The number of aryl methyl sites for hydroxylation is 1. The summed E-state index contributed by atoms with van der Waals surface area (Å²) in [7, 11) is 1.53. The zero-order valence-electron chi connectivity index (χ0n) is 10.0. The summed E-state index contributed by atoms with van der Waals surface area (Å²) in [5, 5.41) is 16.7. The van der Waals surface area contributed by atoms with E-state index < -0.39 is 0 Å². The third kappa shape index (κ3) is 1.69. The number of benzene rings is 1. The minimum absolute atomic E-state index is 0.0868. The van der Waals surface area contributed by atoms with Crippen LogP contribution in [-0.2, 0) is 0 Å². The van der Waals surface area contributed by atoms with Gasteiger partial charge in [-0.15, -0.1) is 0 Å². The number of nitrogens with zero attached hydrogens (tertiary/aromatic N) is 1. The van der Waals surface area contributed by atoms with Crippen molar-refractivity contribution >= 4 is 5.82 Å². The zero-order chi connectivity index (χ0) is 12.6. The van der Waals surface area contributed by atoms with Crippen molar-refractivity contribution in [2.45, 2.75) is 13.8 Å². The summed E-state index contributed by atoms with van der Waals surface area (Å²) >= 11 is 0. The highest BCUT2D eigenvalue weighted by Gasteiger charge is 2.17. The molecule has 1 heterocycles. The molecule has 0 aliphatic carbocycles. The Morgan fingerprint density at radius 2 is 2.06 bits per heavy atom. The van der Waals surface area contributed by atoms with Crippen molar-refractivity contribution in [3.8, 4) is 22.6 Å². The SMILES string of the molecule is COc1c(C)c(C)cc(-c2cn[nH]c2N)c1O. The zero-order valence-corrected chi connectivity index (χ0v) is 10.0. The summed E-state index contributed by atoms with van der Waals surface area (Å²) in [6.45, 7) is 3.85. The summed E-state index contributed by atoms with van der Waals surface area (Å²) < 4.78 is 5.21. The number of aromatic amines is 1. The van der Waals surface area contributed by atoms with E-state index in [-0.39, 0.29) is 5.75 Å². The minimum Gasteiger partial charge on any atom is -0.504 e. The Balaban J connectivity index is 2.72. The van der Waals surface area contributed by atoms with Gasteiger partial charge in [0.15, 0.2) is 11.5 Å². The van der Waals surface area contributed by atoms with Crippen LogP contribution in [0.25, 0.3) is 11.1 Å². The highest BCUT2D eigenvalue weighted by Crippen LogP contribution is 2.42. The summed E-state index contributed by atoms with van der Waals surface area (Å²) in [4.78, 5) is 0. The predicted octanol–water partition coefficient (Wildman–Crippen LogP) is 1.99. The van der Waals surface area contributed by atoms with Crippen molar-refractivity contribution < 1.29 is 9.84 Å². The van der Waals surface area contributed by atoms with Crippen molar-refractivity contribution in [2.24, 2.45) is 0 Å². The van der Waals surface area contributed by atoms with Crippen molar-refractivity contribution in [2.75, 3.05) is 12.8 Å². The average Bonchev–Trinajstić information content (AvgIpc) is 2.71. The van der Waals surface area contributed by atoms with Crippen LogP contribution < -0.4 is 10.5 Å². The van der Waals surface area contributed by atoms with Gasteiger partial charge in [0.1, 0.15) is 5.82 Å². The van der Waals surface area contributed by atoms with Crippen LogP contribution in [0.5, 0.6) is 11.5 Å². The summed E-state index contributed by atoms with van der Waals surface area (Å²) in [6, 6.07) is 1.87. The molecule has 5 heteroatoms. The number of aromatic nitrogens is 2. The lowest BCUT2D eigenvalue weighted by Crippen LogP contribution is -1.94. The molecule has 0 saturated carbocycles. The number of phenols is 1. The van der Waals surface area contributed by atoms with Gasteiger partial charge < -0.3 is 15.6 Å². The smallest absolute Gasteiger partial charge is 0.166 e. The van der Waals surface area contributed by atoms with Gasteiger partial charge in [-0.25, -0.2) is 0 Å². The molecule has 0 bridgehead atoms. The van der Waals surface area contributed by atoms with Crippen LogP contribution in [0.2, 0.25) is 0 Å². The Bertz CT molecular complexity index is 561. The van der Waals surface area contributed by atoms with Crippen LogP contribution in [0.1, 0.15) is 11.1 Å². The molecule has 1 aromatic carbocycles. The molecule has 0 saturated heterocycles. The first-order chi connectivity index (χ1) is 8.06. The molecule has 0 atom stereocenters. The summed E-state index contributed by atoms with van der Waals surface area (Å²) in [5.41, 5.74) is 8.98. The number of H-pyrrole nitrogens is 1. The number of phenolic OH excluding ortho intramolecular Hbond substituents is 1. The van der Waals surface area contributed by atoms with Gasteiger partial charge in [0.25, 0.3) is 0 Å². The average molecular weight is 233 g/mol. The van der Waals surface area contributed by atoms with Gasteiger partial charge >= 0.3 is 0 Å². The summed E-state index contributed by atoms with van der Waals surface area (Å²) in [6.07, 6.45) is 1.58. The van der Waals surface area contributed by atoms with Crippen LogP contribution in [0.3, 0.4) is 0 Å². The molecule has 0 radical (unpaired) electrons. The molecule has 0 spiro atoms. The van der Waals surface area contributed by atoms with Crippen LogP contribution in [0.15, 0.2) is 12.3 Å². The maximum absolute atomic E-state index is 10.2. The number of nitrogens with one attached hydrogen (secondary N) is 1. The van der Waals surface area contributed by atoms with Crippen molar-refractivity contribution in [3.05, 3.63) is 23.4 Å². The molecule has 0 aliphatic rings. The first kappa shape index (κ1) is 11.3. The number of hydrogen-bond acceptors (Lipinski definition) is 4. The number of hydrogen-bond donors (Lipinski definition) is 3. The lowest BCUT2D eigenvalue weighted by molar-refractivity contribution is 0.371. The monoisotopic (exact) mass is 233 g/mol. The molecule has 0 fully saturated rings. The number of ether oxygens (including phenoxy) is 1. The van der Waals surface area contributed by atoms with E-state index in [2.05, 4.69) is 10.2 Å². The molecular weight excluding hydrogens is 218 g/mol. The van der Waals surface area contributed by atoms with Crippen molar-refractivity contribution in [3.63, 3.8) is 0 Å². The molecule has 17 heavy (non-hydrogen) atoms. The molecule has 0 aliphatic heterocycles. The molecule has 4 N–H and O–H groups in total. The molecule has 2 rings (SSSR count). The van der Waals surface area contributed by atoms with Gasteiger partial charge in [0.2, 0.25) is 0 Å². The lowest BCUT2D eigenvalue weighted by atomic mass is 9.99. The van der Waals surface area contributed by atoms with Crippen molar-refractivity contribution in [1.29, 1.82) is 0 Å². The first-order valence-corrected chi connectivity index (χ1v) is 5.22. The molecular formula is C12H15N3O2. The fraction of sp³-hybridized carbons (Fsp3) is 0.250. The van der Waals surface area contributed by atoms with Gasteiger partial charge in [0, 0.05) is 11.1 Å². The quantitative estimate of drug-likeness (QED) is 0.740. The predicted molar refractivity (Wildman–Crippen MR) is 66.1 cm³/mol. The number of rotatable bonds is 2. The van der Waals surface area contributed by atoms with Crippen LogP contribution >= 0.6 is 0 Å². The highest BCUT2D eigenvalue weighted by atomic mass is 16.5. The fourth-order valence-electron chi connectivity index (χ4n) is 1.84. The van der Waals surface area contributed by atoms with E-state index in [9.17, 15) is 5.11 Å². The third-order valence-corrected chi connectivity index (χ3v) is 2.93. The second kappa shape index (κ2) is 4.01. The third-order valence-electron chi connectivity index (χ3n) is 2.93. The van der Waals surface area contributed by atoms with E-state index in [1.54, 1.807) is 6.20 Å². The molecule has 0 unspecified atom stereocenters. The van der Waals surface area contributed by atoms with E-state index in [1.807, 2.05) is 19.9 Å². The van der Waals surface area contributed by atoms with Gasteiger partial charge in [-0.3, -0.25) is 5.10 Å². The number of nitrogen functional groups attached to an aromatic ring is 1. The second-order valence-electron chi connectivity index (χ2n) is 3.95.